The van der Waals surface area contributed by atoms with Crippen molar-refractivity contribution in [3.63, 3.8) is 0 Å². The largest absolute Gasteiger partial charge is 0.504 e. The molecule has 0 aromatic heterocycles. The van der Waals surface area contributed by atoms with Gasteiger partial charge in [-0.2, -0.15) is 0 Å². The average Bonchev–Trinajstić information content (AvgIpc) is 3.12. The van der Waals surface area contributed by atoms with E-state index in [4.69, 9.17) is 23.7 Å². The van der Waals surface area contributed by atoms with Crippen molar-refractivity contribution >= 4 is 16.7 Å². The van der Waals surface area contributed by atoms with Crippen molar-refractivity contribution < 1.29 is 74.1 Å². The van der Waals surface area contributed by atoms with E-state index in [0.29, 0.717) is 0 Å². The van der Waals surface area contributed by atoms with E-state index in [-0.39, 0.29) is 49.2 Å². The van der Waals surface area contributed by atoms with Crippen molar-refractivity contribution in [3.8, 4) is 23.0 Å². The monoisotopic (exact) mass is 628 g/mol. The summed E-state index contributed by atoms with van der Waals surface area (Å²) < 4.78 is 32.7. The Hall–Kier alpha value is -3.32. The van der Waals surface area contributed by atoms with Gasteiger partial charge in [-0.15, -0.1) is 0 Å². The first-order valence-electron chi connectivity index (χ1n) is 13.8. The minimum absolute atomic E-state index is 0.00939. The van der Waals surface area contributed by atoms with Crippen molar-refractivity contribution in [2.45, 2.75) is 68.5 Å². The molecule has 4 rings (SSSR count). The summed E-state index contributed by atoms with van der Waals surface area (Å²) in [6, 6.07) is 3.28. The number of carbonyl (C=O) groups is 1. The molecule has 2 saturated heterocycles. The molecule has 0 aliphatic carbocycles. The first-order chi connectivity index (χ1) is 21.0. The number of hydrogen-bond donors (Lipinski definition) is 8. The highest BCUT2D eigenvalue weighted by atomic mass is 16.7. The standard InChI is InChI=1S/C28H36O16/c1-39-28(38)13-5-12-7-17(25(36)26(37)22(12)24(35)14(31)6-13)40-3-2-4-41-20-9-16(33)27(19(11-30)43-20)44-21-8-15(32)23(34)18(10-29)42-21/h5-7,15-16,18-21,23,27,29-30,32-34,36-37H,2-4,8-11H2,1H3,(H,31,35)/t15-,16-,18-,19-,20-,21+,23-,27+/m1/s1. The van der Waals surface area contributed by atoms with Gasteiger partial charge in [-0.3, -0.25) is 4.79 Å². The number of aromatic hydroxyl groups is 3. The Kier molecular flexibility index (Phi) is 11.2. The number of methoxy groups -OCH3 is 1. The van der Waals surface area contributed by atoms with Crippen LogP contribution in [0.4, 0.5) is 0 Å². The molecule has 0 unspecified atom stereocenters. The van der Waals surface area contributed by atoms with Crippen LogP contribution in [-0.2, 0) is 23.7 Å². The Morgan fingerprint density at radius 3 is 2.27 bits per heavy atom. The van der Waals surface area contributed by atoms with Crippen LogP contribution in [0, 0.1) is 0 Å². The maximum atomic E-state index is 12.5. The SMILES string of the molecule is COC(=O)c1cc(O)c(=O)c2c(O)c(O)c(OCCCO[C@H]3C[C@@H](O)[C@H](O[C@H]4C[C@@H](O)[C@@H](O)[C@@H](CO)O4)[C@@H](CO)O3)cc2c1. The van der Waals surface area contributed by atoms with Crippen LogP contribution in [0.25, 0.3) is 10.8 Å². The Morgan fingerprint density at radius 1 is 0.909 bits per heavy atom. The number of hydrogen-bond acceptors (Lipinski definition) is 16. The van der Waals surface area contributed by atoms with Gasteiger partial charge in [-0.1, -0.05) is 0 Å². The fourth-order valence-electron chi connectivity index (χ4n) is 5.03. The van der Waals surface area contributed by atoms with E-state index in [1.165, 1.54) is 12.1 Å². The quantitative estimate of drug-likeness (QED) is 0.0807. The van der Waals surface area contributed by atoms with Crippen LogP contribution in [0.3, 0.4) is 0 Å². The van der Waals surface area contributed by atoms with Crippen LogP contribution < -0.4 is 10.2 Å². The Bertz CT molecular complexity index is 1370. The van der Waals surface area contributed by atoms with Crippen LogP contribution >= 0.6 is 0 Å². The lowest BCUT2D eigenvalue weighted by Gasteiger charge is -2.42. The minimum atomic E-state index is -1.30. The molecule has 8 atom stereocenters. The summed E-state index contributed by atoms with van der Waals surface area (Å²) in [4.78, 5) is 24.6. The number of carbonyl (C=O) groups excluding carboxylic acids is 1. The first-order valence-corrected chi connectivity index (χ1v) is 13.8. The molecule has 2 aromatic rings. The lowest BCUT2D eigenvalue weighted by Crippen LogP contribution is -2.56. The van der Waals surface area contributed by atoms with Gasteiger partial charge in [-0.05, 0) is 23.6 Å². The highest BCUT2D eigenvalue weighted by Crippen LogP contribution is 2.41. The molecule has 44 heavy (non-hydrogen) atoms. The zero-order valence-electron chi connectivity index (χ0n) is 23.6. The van der Waals surface area contributed by atoms with Gasteiger partial charge in [0.1, 0.15) is 24.4 Å². The number of rotatable bonds is 11. The van der Waals surface area contributed by atoms with Crippen LogP contribution in [0.1, 0.15) is 29.6 Å². The third-order valence-corrected chi connectivity index (χ3v) is 7.31. The average molecular weight is 629 g/mol. The number of phenolic OH excluding ortho intramolecular Hbond substituents is 2. The second-order valence-corrected chi connectivity index (χ2v) is 10.3. The molecule has 2 heterocycles. The second-order valence-electron chi connectivity index (χ2n) is 10.3. The van der Waals surface area contributed by atoms with E-state index >= 15 is 0 Å². The zero-order valence-corrected chi connectivity index (χ0v) is 23.6. The van der Waals surface area contributed by atoms with Gasteiger partial charge in [0.25, 0.3) is 0 Å². The molecule has 244 valence electrons. The number of aliphatic hydroxyl groups excluding tert-OH is 5. The minimum Gasteiger partial charge on any atom is -0.504 e. The molecule has 16 heteroatoms. The summed E-state index contributed by atoms with van der Waals surface area (Å²) in [5.74, 6) is -3.52. The topological polar surface area (TPSA) is 251 Å². The molecule has 16 nitrogen and oxygen atoms in total. The summed E-state index contributed by atoms with van der Waals surface area (Å²) in [5, 5.41) is 80.2. The second kappa shape index (κ2) is 14.6. The van der Waals surface area contributed by atoms with E-state index in [2.05, 4.69) is 4.74 Å². The van der Waals surface area contributed by atoms with Crippen molar-refractivity contribution in [3.05, 3.63) is 34.0 Å². The first kappa shape index (κ1) is 33.6. The molecule has 0 radical (unpaired) electrons. The molecular weight excluding hydrogens is 592 g/mol. The number of aliphatic hydroxyl groups is 5. The van der Waals surface area contributed by atoms with E-state index in [1.54, 1.807) is 0 Å². The lowest BCUT2D eigenvalue weighted by molar-refractivity contribution is -0.320. The maximum Gasteiger partial charge on any atom is 0.338 e. The van der Waals surface area contributed by atoms with Crippen molar-refractivity contribution in [2.24, 2.45) is 0 Å². The van der Waals surface area contributed by atoms with E-state index in [0.717, 1.165) is 13.2 Å². The van der Waals surface area contributed by atoms with Gasteiger partial charge in [0.2, 0.25) is 11.2 Å². The number of benzene rings is 1. The summed E-state index contributed by atoms with van der Waals surface area (Å²) in [6.07, 6.45) is -8.85. The molecule has 0 amide bonds. The summed E-state index contributed by atoms with van der Waals surface area (Å²) in [7, 11) is 1.11. The Labute approximate surface area is 250 Å². The molecular formula is C28H36O16. The fraction of sp³-hybridized carbons (Fsp3) is 0.571. The summed E-state index contributed by atoms with van der Waals surface area (Å²) in [6.45, 7) is -1.13. The summed E-state index contributed by atoms with van der Waals surface area (Å²) in [5.41, 5.74) is -1.20. The molecule has 2 aliphatic heterocycles. The van der Waals surface area contributed by atoms with E-state index in [9.17, 15) is 50.4 Å². The third-order valence-electron chi connectivity index (χ3n) is 7.31. The van der Waals surface area contributed by atoms with Crippen LogP contribution in [0.2, 0.25) is 0 Å². The molecule has 2 aliphatic rings. The predicted octanol–water partition coefficient (Wildman–Crippen LogP) is -1.43. The van der Waals surface area contributed by atoms with Crippen molar-refractivity contribution in [2.75, 3.05) is 33.5 Å². The van der Waals surface area contributed by atoms with Gasteiger partial charge < -0.3 is 69.3 Å². The zero-order chi connectivity index (χ0) is 32.1. The van der Waals surface area contributed by atoms with E-state index < -0.39 is 96.5 Å². The number of esters is 1. The smallest absolute Gasteiger partial charge is 0.338 e. The van der Waals surface area contributed by atoms with E-state index in [1.807, 2.05) is 0 Å². The molecule has 0 saturated carbocycles. The molecule has 0 bridgehead atoms. The van der Waals surface area contributed by atoms with Crippen LogP contribution in [0.15, 0.2) is 23.0 Å². The van der Waals surface area contributed by atoms with Crippen molar-refractivity contribution in [1.29, 1.82) is 0 Å². The number of fused-ring (bicyclic) bond motifs is 1. The number of ether oxygens (including phenoxy) is 6. The highest BCUT2D eigenvalue weighted by Gasteiger charge is 2.43. The Morgan fingerprint density at radius 2 is 1.59 bits per heavy atom. The molecule has 8 N–H and O–H groups in total. The van der Waals surface area contributed by atoms with Crippen molar-refractivity contribution in [1.82, 2.24) is 0 Å². The van der Waals surface area contributed by atoms with Gasteiger partial charge in [-0.25, -0.2) is 4.79 Å². The predicted molar refractivity (Wildman–Crippen MR) is 146 cm³/mol. The van der Waals surface area contributed by atoms with Crippen LogP contribution in [-0.4, -0.2) is 130 Å². The van der Waals surface area contributed by atoms with Gasteiger partial charge >= 0.3 is 5.97 Å². The molecule has 2 aromatic carbocycles. The normalized spacial score (nSPS) is 29.0. The third kappa shape index (κ3) is 7.31. The molecule has 0 spiro atoms. The van der Waals surface area contributed by atoms with Gasteiger partial charge in [0.05, 0.1) is 56.7 Å². The maximum absolute atomic E-state index is 12.5. The number of phenols is 2. The van der Waals surface area contributed by atoms with Gasteiger partial charge in [0, 0.05) is 19.3 Å². The Balaban J connectivity index is 1.33. The fourth-order valence-corrected chi connectivity index (χ4v) is 5.03. The lowest BCUT2D eigenvalue weighted by atomic mass is 10.00. The summed E-state index contributed by atoms with van der Waals surface area (Å²) >= 11 is 0. The van der Waals surface area contributed by atoms with Gasteiger partial charge in [0.15, 0.2) is 29.8 Å². The highest BCUT2D eigenvalue weighted by molar-refractivity contribution is 5.98. The molecule has 2 fully saturated rings. The van der Waals surface area contributed by atoms with Crippen LogP contribution in [0.5, 0.6) is 23.0 Å².